The van der Waals surface area contributed by atoms with Crippen LogP contribution in [-0.4, -0.2) is 38.0 Å². The standard InChI is InChI=1S/C23H19N5O5/c1-13-20-15(11-16(18-9-6-10-31-18)24-22(20)28(2)26-13)23(29)32-12-19-25-21(27-33-19)14-7-4-5-8-17(14)30-3/h4-11H,12H2,1-3H3. The van der Waals surface area contributed by atoms with E-state index < -0.39 is 5.97 Å². The van der Waals surface area contributed by atoms with Gasteiger partial charge in [-0.1, -0.05) is 17.3 Å². The second kappa shape index (κ2) is 8.23. The molecule has 0 unspecified atom stereocenters. The van der Waals surface area contributed by atoms with Crippen LogP contribution in [0.2, 0.25) is 0 Å². The zero-order valence-corrected chi connectivity index (χ0v) is 18.1. The molecule has 0 aliphatic rings. The van der Waals surface area contributed by atoms with Gasteiger partial charge in [0.05, 0.1) is 35.6 Å². The molecule has 0 aliphatic carbocycles. The van der Waals surface area contributed by atoms with Crippen molar-refractivity contribution in [3.8, 4) is 28.6 Å². The molecule has 0 aliphatic heterocycles. The number of hydrogen-bond acceptors (Lipinski definition) is 9. The van der Waals surface area contributed by atoms with Gasteiger partial charge in [-0.05, 0) is 37.3 Å². The normalized spacial score (nSPS) is 11.1. The number of furan rings is 1. The fraction of sp³-hybridized carbons (Fsp3) is 0.174. The van der Waals surface area contributed by atoms with E-state index >= 15 is 0 Å². The van der Waals surface area contributed by atoms with Crippen LogP contribution in [0.1, 0.15) is 21.9 Å². The van der Waals surface area contributed by atoms with E-state index in [0.717, 1.165) is 0 Å². The molecule has 1 aromatic carbocycles. The van der Waals surface area contributed by atoms with E-state index in [9.17, 15) is 4.79 Å². The highest BCUT2D eigenvalue weighted by atomic mass is 16.6. The number of esters is 1. The number of ether oxygens (including phenoxy) is 2. The van der Waals surface area contributed by atoms with Crippen molar-refractivity contribution in [2.75, 3.05) is 7.11 Å². The van der Waals surface area contributed by atoms with Gasteiger partial charge < -0.3 is 18.4 Å². The van der Waals surface area contributed by atoms with Crippen molar-refractivity contribution >= 4 is 17.0 Å². The Morgan fingerprint density at radius 3 is 2.79 bits per heavy atom. The molecule has 0 saturated heterocycles. The van der Waals surface area contributed by atoms with Gasteiger partial charge in [0.15, 0.2) is 18.0 Å². The molecule has 0 N–H and O–H groups in total. The molecule has 0 atom stereocenters. The Labute approximate surface area is 187 Å². The Morgan fingerprint density at radius 2 is 2.00 bits per heavy atom. The van der Waals surface area contributed by atoms with Crippen molar-refractivity contribution in [2.45, 2.75) is 13.5 Å². The first-order chi connectivity index (χ1) is 16.0. The van der Waals surface area contributed by atoms with Gasteiger partial charge in [-0.3, -0.25) is 4.68 Å². The third-order valence-corrected chi connectivity index (χ3v) is 5.10. The first kappa shape index (κ1) is 20.4. The maximum atomic E-state index is 13.1. The summed E-state index contributed by atoms with van der Waals surface area (Å²) in [6, 6.07) is 12.5. The summed E-state index contributed by atoms with van der Waals surface area (Å²) in [5.41, 5.74) is 2.70. The van der Waals surface area contributed by atoms with Crippen molar-refractivity contribution in [3.63, 3.8) is 0 Å². The molecule has 5 aromatic rings. The van der Waals surface area contributed by atoms with Crippen LogP contribution in [-0.2, 0) is 18.4 Å². The smallest absolute Gasteiger partial charge is 0.339 e. The molecular weight excluding hydrogens is 426 g/mol. The zero-order valence-electron chi connectivity index (χ0n) is 18.1. The first-order valence-corrected chi connectivity index (χ1v) is 10.1. The lowest BCUT2D eigenvalue weighted by Crippen LogP contribution is -2.08. The number of para-hydroxylation sites is 1. The highest BCUT2D eigenvalue weighted by Gasteiger charge is 2.22. The highest BCUT2D eigenvalue weighted by Crippen LogP contribution is 2.29. The molecule has 5 rings (SSSR count). The number of pyridine rings is 1. The fourth-order valence-corrected chi connectivity index (χ4v) is 3.61. The molecule has 0 spiro atoms. The molecular formula is C23H19N5O5. The van der Waals surface area contributed by atoms with Crippen LogP contribution in [0.4, 0.5) is 0 Å². The van der Waals surface area contributed by atoms with Crippen LogP contribution >= 0.6 is 0 Å². The number of aromatic nitrogens is 5. The predicted octanol–water partition coefficient (Wildman–Crippen LogP) is 3.95. The molecule has 10 nitrogen and oxygen atoms in total. The maximum absolute atomic E-state index is 13.1. The quantitative estimate of drug-likeness (QED) is 0.358. The second-order valence-electron chi connectivity index (χ2n) is 7.23. The summed E-state index contributed by atoms with van der Waals surface area (Å²) in [4.78, 5) is 22.0. The van der Waals surface area contributed by atoms with Gasteiger partial charge in [-0.2, -0.15) is 10.1 Å². The Hall–Kier alpha value is -4.47. The Kier molecular flexibility index (Phi) is 5.09. The highest BCUT2D eigenvalue weighted by molar-refractivity contribution is 6.04. The number of carbonyl (C=O) groups is 1. The van der Waals surface area contributed by atoms with Crippen LogP contribution < -0.4 is 4.74 Å². The molecule has 0 amide bonds. The number of hydrogen-bond donors (Lipinski definition) is 0. The van der Waals surface area contributed by atoms with Gasteiger partial charge in [0.1, 0.15) is 11.4 Å². The third kappa shape index (κ3) is 3.71. The van der Waals surface area contributed by atoms with E-state index in [0.29, 0.717) is 50.9 Å². The molecule has 0 fully saturated rings. The fourth-order valence-electron chi connectivity index (χ4n) is 3.61. The van der Waals surface area contributed by atoms with E-state index in [1.807, 2.05) is 25.1 Å². The van der Waals surface area contributed by atoms with Crippen LogP contribution in [0.5, 0.6) is 5.75 Å². The minimum absolute atomic E-state index is 0.156. The van der Waals surface area contributed by atoms with E-state index in [-0.39, 0.29) is 12.5 Å². The lowest BCUT2D eigenvalue weighted by Gasteiger charge is -2.06. The number of fused-ring (bicyclic) bond motifs is 1. The van der Waals surface area contributed by atoms with Gasteiger partial charge in [-0.25, -0.2) is 9.78 Å². The summed E-state index contributed by atoms with van der Waals surface area (Å²) in [5, 5.41) is 8.97. The molecule has 0 radical (unpaired) electrons. The topological polar surface area (TPSA) is 118 Å². The number of benzene rings is 1. The van der Waals surface area contributed by atoms with Gasteiger partial charge in [0.25, 0.3) is 5.89 Å². The van der Waals surface area contributed by atoms with E-state index in [2.05, 4.69) is 20.2 Å². The summed E-state index contributed by atoms with van der Waals surface area (Å²) in [6.07, 6.45) is 1.54. The second-order valence-corrected chi connectivity index (χ2v) is 7.23. The van der Waals surface area contributed by atoms with E-state index in [4.69, 9.17) is 18.4 Å². The molecule has 10 heteroatoms. The largest absolute Gasteiger partial charge is 0.496 e. The van der Waals surface area contributed by atoms with Crippen molar-refractivity contribution in [1.29, 1.82) is 0 Å². The summed E-state index contributed by atoms with van der Waals surface area (Å²) in [6.45, 7) is 1.62. The molecule has 33 heavy (non-hydrogen) atoms. The predicted molar refractivity (Wildman–Crippen MR) is 116 cm³/mol. The average Bonchev–Trinajstić information content (AvgIpc) is 3.58. The average molecular weight is 445 g/mol. The number of nitrogens with zero attached hydrogens (tertiary/aromatic N) is 5. The molecule has 4 aromatic heterocycles. The van der Waals surface area contributed by atoms with Crippen LogP contribution in [0.15, 0.2) is 57.7 Å². The summed E-state index contributed by atoms with van der Waals surface area (Å²) in [7, 11) is 3.33. The third-order valence-electron chi connectivity index (χ3n) is 5.10. The summed E-state index contributed by atoms with van der Waals surface area (Å²) in [5.74, 6) is 1.07. The number of rotatable bonds is 6. The van der Waals surface area contributed by atoms with Crippen molar-refractivity contribution in [2.24, 2.45) is 7.05 Å². The van der Waals surface area contributed by atoms with Crippen molar-refractivity contribution in [1.82, 2.24) is 24.9 Å². The van der Waals surface area contributed by atoms with Gasteiger partial charge >= 0.3 is 5.97 Å². The zero-order chi connectivity index (χ0) is 22.9. The van der Waals surface area contributed by atoms with Crippen LogP contribution in [0.3, 0.4) is 0 Å². The minimum atomic E-state index is -0.566. The molecule has 0 saturated carbocycles. The molecule has 166 valence electrons. The van der Waals surface area contributed by atoms with Crippen LogP contribution in [0.25, 0.3) is 33.9 Å². The monoisotopic (exact) mass is 445 g/mol. The SMILES string of the molecule is COc1ccccc1-c1noc(COC(=O)c2cc(-c3ccco3)nc3c2c(C)nn3C)n1. The summed E-state index contributed by atoms with van der Waals surface area (Å²) >= 11 is 0. The Morgan fingerprint density at radius 1 is 1.15 bits per heavy atom. The van der Waals surface area contributed by atoms with Gasteiger partial charge in [0.2, 0.25) is 5.82 Å². The van der Waals surface area contributed by atoms with Crippen LogP contribution in [0, 0.1) is 6.92 Å². The van der Waals surface area contributed by atoms with Gasteiger partial charge in [-0.15, -0.1) is 0 Å². The van der Waals surface area contributed by atoms with E-state index in [1.165, 1.54) is 0 Å². The number of methoxy groups -OCH3 is 1. The molecule has 4 heterocycles. The van der Waals surface area contributed by atoms with Gasteiger partial charge in [0, 0.05) is 7.05 Å². The lowest BCUT2D eigenvalue weighted by atomic mass is 10.1. The van der Waals surface area contributed by atoms with Crippen molar-refractivity contribution < 1.29 is 23.2 Å². The number of carbonyl (C=O) groups excluding carboxylic acids is 1. The molecule has 0 bridgehead atoms. The maximum Gasteiger partial charge on any atom is 0.339 e. The minimum Gasteiger partial charge on any atom is -0.496 e. The Balaban J connectivity index is 1.43. The number of aryl methyl sites for hydroxylation is 2. The van der Waals surface area contributed by atoms with Crippen molar-refractivity contribution in [3.05, 3.63) is 65.9 Å². The summed E-state index contributed by atoms with van der Waals surface area (Å²) < 4.78 is 23.2. The van der Waals surface area contributed by atoms with E-state index in [1.54, 1.807) is 49.4 Å². The Bertz CT molecular complexity index is 1450. The lowest BCUT2D eigenvalue weighted by molar-refractivity contribution is 0.0432. The first-order valence-electron chi connectivity index (χ1n) is 10.1.